The summed E-state index contributed by atoms with van der Waals surface area (Å²) in [5.74, 6) is 0.204. The van der Waals surface area contributed by atoms with E-state index in [1.54, 1.807) is 23.6 Å². The van der Waals surface area contributed by atoms with E-state index >= 15 is 0 Å². The molecule has 2 aliphatic rings. The van der Waals surface area contributed by atoms with Crippen LogP contribution in [0, 0.1) is 0 Å². The average Bonchev–Trinajstić information content (AvgIpc) is 3.23. The summed E-state index contributed by atoms with van der Waals surface area (Å²) in [6.45, 7) is 6.06. The quantitative estimate of drug-likeness (QED) is 0.733. The lowest BCUT2D eigenvalue weighted by atomic mass is 10.2. The molecule has 0 radical (unpaired) electrons. The molecular formula is C14H23N3O3. The first kappa shape index (κ1) is 14.8. The minimum atomic E-state index is 0.0571. The smallest absolute Gasteiger partial charge is 0.224 e. The van der Waals surface area contributed by atoms with E-state index < -0.39 is 0 Å². The molecule has 1 saturated carbocycles. The van der Waals surface area contributed by atoms with E-state index in [9.17, 15) is 14.4 Å². The van der Waals surface area contributed by atoms with Gasteiger partial charge in [0, 0.05) is 59.0 Å². The molecule has 0 spiro atoms. The van der Waals surface area contributed by atoms with Crippen LogP contribution in [-0.2, 0) is 14.4 Å². The number of carbonyl (C=O) groups is 3. The second kappa shape index (κ2) is 6.24. The molecule has 1 heterocycles. The van der Waals surface area contributed by atoms with Gasteiger partial charge in [-0.05, 0) is 12.8 Å². The summed E-state index contributed by atoms with van der Waals surface area (Å²) in [7, 11) is 0. The average molecular weight is 281 g/mol. The van der Waals surface area contributed by atoms with Crippen LogP contribution in [0.3, 0.4) is 0 Å². The van der Waals surface area contributed by atoms with Gasteiger partial charge in [-0.25, -0.2) is 0 Å². The summed E-state index contributed by atoms with van der Waals surface area (Å²) < 4.78 is 0. The number of hydrogen-bond donors (Lipinski definition) is 0. The van der Waals surface area contributed by atoms with Crippen molar-refractivity contribution in [2.45, 2.75) is 39.2 Å². The van der Waals surface area contributed by atoms with Gasteiger partial charge in [-0.3, -0.25) is 14.4 Å². The lowest BCUT2D eigenvalue weighted by Crippen LogP contribution is -2.50. The maximum absolute atomic E-state index is 12.1. The Hall–Kier alpha value is -1.59. The molecule has 6 heteroatoms. The van der Waals surface area contributed by atoms with E-state index in [0.29, 0.717) is 45.2 Å². The molecule has 1 saturated heterocycles. The summed E-state index contributed by atoms with van der Waals surface area (Å²) in [5.41, 5.74) is 0. The molecule has 112 valence electrons. The van der Waals surface area contributed by atoms with Gasteiger partial charge in [-0.1, -0.05) is 0 Å². The van der Waals surface area contributed by atoms with Crippen molar-refractivity contribution >= 4 is 17.7 Å². The Kier molecular flexibility index (Phi) is 4.62. The van der Waals surface area contributed by atoms with Crippen molar-refractivity contribution in [3.63, 3.8) is 0 Å². The molecule has 0 atom stereocenters. The van der Waals surface area contributed by atoms with Crippen molar-refractivity contribution in [2.24, 2.45) is 0 Å². The van der Waals surface area contributed by atoms with Crippen LogP contribution in [0.15, 0.2) is 0 Å². The molecule has 2 fully saturated rings. The highest BCUT2D eigenvalue weighted by Crippen LogP contribution is 2.27. The molecule has 0 aromatic heterocycles. The van der Waals surface area contributed by atoms with Crippen molar-refractivity contribution in [3.8, 4) is 0 Å². The molecule has 3 amide bonds. The highest BCUT2D eigenvalue weighted by Gasteiger charge is 2.31. The number of piperazine rings is 1. The molecule has 20 heavy (non-hydrogen) atoms. The fraction of sp³-hybridized carbons (Fsp3) is 0.786. The van der Waals surface area contributed by atoms with Crippen LogP contribution in [0.5, 0.6) is 0 Å². The maximum Gasteiger partial charge on any atom is 0.224 e. The predicted octanol–water partition coefficient (Wildman–Crippen LogP) is 0.0781. The summed E-state index contributed by atoms with van der Waals surface area (Å²) >= 11 is 0. The molecule has 1 aliphatic heterocycles. The third kappa shape index (κ3) is 3.71. The lowest BCUT2D eigenvalue weighted by Gasteiger charge is -2.34. The Bertz CT molecular complexity index is 398. The third-order valence-electron chi connectivity index (χ3n) is 4.04. The Labute approximate surface area is 119 Å². The van der Waals surface area contributed by atoms with Crippen LogP contribution in [0.2, 0.25) is 0 Å². The molecule has 1 aliphatic carbocycles. The second-order valence-corrected chi connectivity index (χ2v) is 5.58. The zero-order valence-electron chi connectivity index (χ0n) is 12.3. The molecular weight excluding hydrogens is 258 g/mol. The van der Waals surface area contributed by atoms with E-state index in [1.807, 2.05) is 4.90 Å². The molecule has 6 nitrogen and oxygen atoms in total. The van der Waals surface area contributed by atoms with Crippen LogP contribution in [0.4, 0.5) is 0 Å². The summed E-state index contributed by atoms with van der Waals surface area (Å²) in [5, 5.41) is 0. The van der Waals surface area contributed by atoms with Gasteiger partial charge in [0.15, 0.2) is 0 Å². The van der Waals surface area contributed by atoms with E-state index in [4.69, 9.17) is 0 Å². The van der Waals surface area contributed by atoms with Crippen LogP contribution in [0.1, 0.15) is 33.1 Å². The number of carbonyl (C=O) groups excluding carboxylic acids is 3. The molecule has 0 aromatic carbocycles. The van der Waals surface area contributed by atoms with Crippen LogP contribution >= 0.6 is 0 Å². The van der Waals surface area contributed by atoms with Gasteiger partial charge in [0.1, 0.15) is 0 Å². The van der Waals surface area contributed by atoms with Crippen molar-refractivity contribution in [1.29, 1.82) is 0 Å². The van der Waals surface area contributed by atoms with Crippen molar-refractivity contribution in [3.05, 3.63) is 0 Å². The van der Waals surface area contributed by atoms with Crippen molar-refractivity contribution in [1.82, 2.24) is 14.7 Å². The normalized spacial score (nSPS) is 18.9. The van der Waals surface area contributed by atoms with E-state index in [-0.39, 0.29) is 17.7 Å². The molecule has 2 rings (SSSR count). The number of hydrogen-bond acceptors (Lipinski definition) is 3. The number of amides is 3. The van der Waals surface area contributed by atoms with Crippen LogP contribution in [0.25, 0.3) is 0 Å². The Morgan fingerprint density at radius 1 is 1.00 bits per heavy atom. The third-order valence-corrected chi connectivity index (χ3v) is 4.04. The zero-order valence-corrected chi connectivity index (χ0v) is 12.3. The maximum atomic E-state index is 12.1. The zero-order chi connectivity index (χ0) is 14.7. The number of nitrogens with zero attached hydrogens (tertiary/aromatic N) is 3. The molecule has 0 aromatic rings. The summed E-state index contributed by atoms with van der Waals surface area (Å²) in [6, 6.07) is 0.356. The van der Waals surface area contributed by atoms with Crippen molar-refractivity contribution in [2.75, 3.05) is 32.7 Å². The van der Waals surface area contributed by atoms with Crippen molar-refractivity contribution < 1.29 is 14.4 Å². The first-order valence-corrected chi connectivity index (χ1v) is 7.29. The Morgan fingerprint density at radius 3 is 2.00 bits per heavy atom. The predicted molar refractivity (Wildman–Crippen MR) is 73.9 cm³/mol. The first-order valence-electron chi connectivity index (χ1n) is 7.29. The highest BCUT2D eigenvalue weighted by molar-refractivity contribution is 5.79. The lowest BCUT2D eigenvalue weighted by molar-refractivity contribution is -0.139. The molecule has 0 bridgehead atoms. The van der Waals surface area contributed by atoms with Gasteiger partial charge in [0.05, 0.1) is 0 Å². The Morgan fingerprint density at radius 2 is 1.55 bits per heavy atom. The molecule has 0 N–H and O–H groups in total. The second-order valence-electron chi connectivity index (χ2n) is 5.58. The number of rotatable bonds is 4. The summed E-state index contributed by atoms with van der Waals surface area (Å²) in [6.07, 6.45) is 2.51. The fourth-order valence-electron chi connectivity index (χ4n) is 2.63. The fourth-order valence-corrected chi connectivity index (χ4v) is 2.63. The van der Waals surface area contributed by atoms with Gasteiger partial charge in [0.2, 0.25) is 17.7 Å². The van der Waals surface area contributed by atoms with Gasteiger partial charge in [-0.15, -0.1) is 0 Å². The monoisotopic (exact) mass is 281 g/mol. The van der Waals surface area contributed by atoms with Gasteiger partial charge in [-0.2, -0.15) is 0 Å². The van der Waals surface area contributed by atoms with Gasteiger partial charge >= 0.3 is 0 Å². The topological polar surface area (TPSA) is 60.9 Å². The van der Waals surface area contributed by atoms with E-state index in [2.05, 4.69) is 0 Å². The van der Waals surface area contributed by atoms with Gasteiger partial charge < -0.3 is 14.7 Å². The first-order chi connectivity index (χ1) is 9.49. The minimum absolute atomic E-state index is 0.0571. The molecule has 0 unspecified atom stereocenters. The standard InChI is InChI=1S/C14H23N3O3/c1-11(18)15-7-9-16(10-8-15)14(20)5-6-17(12(2)19)13-3-4-13/h13H,3-10H2,1-2H3. The van der Waals surface area contributed by atoms with E-state index in [1.165, 1.54) is 0 Å². The van der Waals surface area contributed by atoms with Crippen LogP contribution < -0.4 is 0 Å². The Balaban J connectivity index is 1.75. The van der Waals surface area contributed by atoms with Gasteiger partial charge in [0.25, 0.3) is 0 Å². The SMILES string of the molecule is CC(=O)N1CCN(C(=O)CCN(C(C)=O)C2CC2)CC1. The minimum Gasteiger partial charge on any atom is -0.339 e. The highest BCUT2D eigenvalue weighted by atomic mass is 16.2. The van der Waals surface area contributed by atoms with E-state index in [0.717, 1.165) is 12.8 Å². The summed E-state index contributed by atoms with van der Waals surface area (Å²) in [4.78, 5) is 40.2. The largest absolute Gasteiger partial charge is 0.339 e. The van der Waals surface area contributed by atoms with Crippen LogP contribution in [-0.4, -0.2) is 71.2 Å².